The van der Waals surface area contributed by atoms with Crippen LogP contribution in [0.3, 0.4) is 0 Å². The van der Waals surface area contributed by atoms with Crippen molar-refractivity contribution in [2.45, 2.75) is 18.9 Å². The van der Waals surface area contributed by atoms with Crippen LogP contribution in [-0.4, -0.2) is 40.9 Å². The average molecular weight is 289 g/mol. The molecular weight excluding hydrogens is 268 g/mol. The number of halogens is 2. The first-order valence-corrected chi connectivity index (χ1v) is 6.37. The van der Waals surface area contributed by atoms with Gasteiger partial charge < -0.3 is 19.5 Å². The molecule has 0 heterocycles. The maximum atomic E-state index is 12.0. The van der Waals surface area contributed by atoms with Gasteiger partial charge in [-0.25, -0.2) is 8.78 Å². The van der Waals surface area contributed by atoms with Crippen LogP contribution in [0.2, 0.25) is 0 Å². The van der Waals surface area contributed by atoms with Crippen LogP contribution in [0, 0.1) is 0 Å². The summed E-state index contributed by atoms with van der Waals surface area (Å²) >= 11 is 0. The lowest BCUT2D eigenvalue weighted by atomic mass is 10.0. The minimum Gasteiger partial charge on any atom is -0.497 e. The molecule has 114 valence electrons. The van der Waals surface area contributed by atoms with Crippen molar-refractivity contribution >= 4 is 0 Å². The normalized spacial score (nSPS) is 12.5. The molecule has 0 bridgehead atoms. The summed E-state index contributed by atoms with van der Waals surface area (Å²) in [5, 5.41) is 3.13. The number of ether oxygens (including phenoxy) is 3. The lowest BCUT2D eigenvalue weighted by Crippen LogP contribution is -2.20. The number of hydrogen-bond acceptors (Lipinski definition) is 4. The van der Waals surface area contributed by atoms with E-state index < -0.39 is 13.0 Å². The quantitative estimate of drug-likeness (QED) is 0.709. The Morgan fingerprint density at radius 1 is 1.20 bits per heavy atom. The number of alkyl halides is 2. The van der Waals surface area contributed by atoms with Gasteiger partial charge in [-0.2, -0.15) is 0 Å². The number of hydrogen-bond donors (Lipinski definition) is 1. The highest BCUT2D eigenvalue weighted by Gasteiger charge is 2.16. The van der Waals surface area contributed by atoms with Gasteiger partial charge in [0.05, 0.1) is 14.2 Å². The zero-order valence-corrected chi connectivity index (χ0v) is 12.0. The summed E-state index contributed by atoms with van der Waals surface area (Å²) in [6.45, 7) is -0.290. The van der Waals surface area contributed by atoms with Crippen molar-refractivity contribution < 1.29 is 23.0 Å². The summed E-state index contributed by atoms with van der Waals surface area (Å²) < 4.78 is 39.4. The van der Waals surface area contributed by atoms with Crippen molar-refractivity contribution in [3.05, 3.63) is 23.8 Å². The predicted octanol–water partition coefficient (Wildman–Crippen LogP) is 2.64. The Balaban J connectivity index is 2.72. The van der Waals surface area contributed by atoms with E-state index in [4.69, 9.17) is 14.2 Å². The van der Waals surface area contributed by atoms with E-state index in [0.717, 1.165) is 17.1 Å². The third kappa shape index (κ3) is 4.94. The van der Waals surface area contributed by atoms with Crippen molar-refractivity contribution in [2.75, 3.05) is 34.5 Å². The molecule has 0 fully saturated rings. The monoisotopic (exact) mass is 289 g/mol. The zero-order valence-electron chi connectivity index (χ0n) is 12.0. The third-order valence-electron chi connectivity index (χ3n) is 2.96. The molecule has 1 N–H and O–H groups in total. The average Bonchev–Trinajstić information content (AvgIpc) is 2.46. The zero-order chi connectivity index (χ0) is 15.0. The van der Waals surface area contributed by atoms with Gasteiger partial charge in [-0.05, 0) is 31.7 Å². The SMILES string of the molecule is CNC(CCOCC(F)F)c1cc(OC)ccc1OC. The van der Waals surface area contributed by atoms with Crippen LogP contribution in [0.25, 0.3) is 0 Å². The molecule has 0 spiro atoms. The number of benzene rings is 1. The summed E-state index contributed by atoms with van der Waals surface area (Å²) in [5.41, 5.74) is 0.912. The van der Waals surface area contributed by atoms with E-state index in [1.54, 1.807) is 21.3 Å². The highest BCUT2D eigenvalue weighted by molar-refractivity contribution is 5.42. The molecule has 0 aliphatic rings. The molecule has 1 aromatic carbocycles. The molecule has 0 amide bonds. The minimum absolute atomic E-state index is 0.0577. The smallest absolute Gasteiger partial charge is 0.261 e. The molecular formula is C14H21F2NO3. The van der Waals surface area contributed by atoms with E-state index in [0.29, 0.717) is 6.42 Å². The van der Waals surface area contributed by atoms with Gasteiger partial charge in [0.1, 0.15) is 18.1 Å². The summed E-state index contributed by atoms with van der Waals surface area (Å²) in [4.78, 5) is 0. The summed E-state index contributed by atoms with van der Waals surface area (Å²) in [7, 11) is 4.98. The molecule has 0 aromatic heterocycles. The van der Waals surface area contributed by atoms with Gasteiger partial charge in [0.15, 0.2) is 0 Å². The third-order valence-corrected chi connectivity index (χ3v) is 2.96. The van der Waals surface area contributed by atoms with E-state index in [9.17, 15) is 8.78 Å². The van der Waals surface area contributed by atoms with Gasteiger partial charge in [-0.1, -0.05) is 0 Å². The molecule has 0 radical (unpaired) electrons. The van der Waals surface area contributed by atoms with Crippen molar-refractivity contribution in [3.63, 3.8) is 0 Å². The van der Waals surface area contributed by atoms with E-state index in [1.807, 2.05) is 18.2 Å². The summed E-state index contributed by atoms with van der Waals surface area (Å²) in [6, 6.07) is 5.44. The Bertz CT molecular complexity index is 402. The molecule has 1 unspecified atom stereocenters. The summed E-state index contributed by atoms with van der Waals surface area (Å²) in [6.07, 6.45) is -1.87. The Kier molecular flexibility index (Phi) is 7.25. The van der Waals surface area contributed by atoms with Gasteiger partial charge >= 0.3 is 0 Å². The standard InChI is InChI=1S/C14H21F2NO3/c1-17-12(6-7-20-9-14(15)16)11-8-10(18-2)4-5-13(11)19-3/h4-5,8,12,14,17H,6-7,9H2,1-3H3. The molecule has 0 saturated heterocycles. The first-order chi connectivity index (χ1) is 9.62. The van der Waals surface area contributed by atoms with E-state index in [2.05, 4.69) is 5.32 Å². The van der Waals surface area contributed by atoms with Crippen LogP contribution in [0.15, 0.2) is 18.2 Å². The molecule has 1 atom stereocenters. The Morgan fingerprint density at radius 3 is 2.50 bits per heavy atom. The molecule has 4 nitrogen and oxygen atoms in total. The second-order valence-corrected chi connectivity index (χ2v) is 4.20. The maximum Gasteiger partial charge on any atom is 0.261 e. The van der Waals surface area contributed by atoms with Gasteiger partial charge in [-0.3, -0.25) is 0 Å². The van der Waals surface area contributed by atoms with Gasteiger partial charge in [0.25, 0.3) is 6.43 Å². The van der Waals surface area contributed by atoms with Crippen molar-refractivity contribution in [1.82, 2.24) is 5.32 Å². The van der Waals surface area contributed by atoms with Crippen molar-refractivity contribution in [3.8, 4) is 11.5 Å². The van der Waals surface area contributed by atoms with Crippen molar-refractivity contribution in [2.24, 2.45) is 0 Å². The fourth-order valence-electron chi connectivity index (χ4n) is 1.94. The lowest BCUT2D eigenvalue weighted by molar-refractivity contribution is 0.0145. The van der Waals surface area contributed by atoms with Gasteiger partial charge in [-0.15, -0.1) is 0 Å². The molecule has 1 aromatic rings. The van der Waals surface area contributed by atoms with Crippen molar-refractivity contribution in [1.29, 1.82) is 0 Å². The van der Waals surface area contributed by atoms with E-state index in [-0.39, 0.29) is 12.6 Å². The topological polar surface area (TPSA) is 39.7 Å². The molecule has 6 heteroatoms. The Labute approximate surface area is 118 Å². The van der Waals surface area contributed by atoms with Crippen LogP contribution in [0.1, 0.15) is 18.0 Å². The molecule has 0 saturated carbocycles. The maximum absolute atomic E-state index is 12.0. The number of rotatable bonds is 9. The fourth-order valence-corrected chi connectivity index (χ4v) is 1.94. The highest BCUT2D eigenvalue weighted by atomic mass is 19.3. The van der Waals surface area contributed by atoms with Gasteiger partial charge in [0, 0.05) is 18.2 Å². The lowest BCUT2D eigenvalue weighted by Gasteiger charge is -2.20. The van der Waals surface area contributed by atoms with Crippen LogP contribution in [-0.2, 0) is 4.74 Å². The predicted molar refractivity (Wildman–Crippen MR) is 72.8 cm³/mol. The molecule has 20 heavy (non-hydrogen) atoms. The molecule has 0 aliphatic carbocycles. The Morgan fingerprint density at radius 2 is 1.95 bits per heavy atom. The second kappa shape index (κ2) is 8.71. The summed E-state index contributed by atoms with van der Waals surface area (Å²) in [5.74, 6) is 1.44. The van der Waals surface area contributed by atoms with Crippen LogP contribution >= 0.6 is 0 Å². The van der Waals surface area contributed by atoms with Crippen LogP contribution in [0.5, 0.6) is 11.5 Å². The molecule has 1 rings (SSSR count). The van der Waals surface area contributed by atoms with Crippen LogP contribution < -0.4 is 14.8 Å². The van der Waals surface area contributed by atoms with E-state index >= 15 is 0 Å². The fraction of sp³-hybridized carbons (Fsp3) is 0.571. The van der Waals surface area contributed by atoms with Crippen LogP contribution in [0.4, 0.5) is 8.78 Å². The highest BCUT2D eigenvalue weighted by Crippen LogP contribution is 2.30. The number of methoxy groups -OCH3 is 2. The second-order valence-electron chi connectivity index (χ2n) is 4.20. The number of nitrogens with one attached hydrogen (secondary N) is 1. The largest absolute Gasteiger partial charge is 0.497 e. The Hall–Kier alpha value is -1.40. The van der Waals surface area contributed by atoms with E-state index in [1.165, 1.54) is 0 Å². The minimum atomic E-state index is -2.44. The first kappa shape index (κ1) is 16.7. The van der Waals surface area contributed by atoms with Gasteiger partial charge in [0.2, 0.25) is 0 Å². The molecule has 0 aliphatic heterocycles. The first-order valence-electron chi connectivity index (χ1n) is 6.37.